The van der Waals surface area contributed by atoms with Crippen molar-refractivity contribution in [3.63, 3.8) is 0 Å². The van der Waals surface area contributed by atoms with Crippen LogP contribution in [-0.4, -0.2) is 0 Å². The van der Waals surface area contributed by atoms with E-state index in [4.69, 9.17) is 0 Å². The van der Waals surface area contributed by atoms with E-state index in [1.807, 2.05) is 0 Å². The number of aryl methyl sites for hydroxylation is 1. The van der Waals surface area contributed by atoms with Gasteiger partial charge in [0.15, 0.2) is 0 Å². The van der Waals surface area contributed by atoms with Crippen molar-refractivity contribution in [2.75, 3.05) is 0 Å². The molecule has 3 rings (SSSR count). The number of rotatable bonds is 2. The van der Waals surface area contributed by atoms with Crippen LogP contribution in [0, 0.1) is 12.8 Å². The van der Waals surface area contributed by atoms with Crippen molar-refractivity contribution in [1.82, 2.24) is 0 Å². The van der Waals surface area contributed by atoms with Crippen LogP contribution in [0.2, 0.25) is 0 Å². The van der Waals surface area contributed by atoms with Crippen LogP contribution in [0.1, 0.15) is 27.1 Å². The predicted molar refractivity (Wildman–Crippen MR) is 95.6 cm³/mol. The van der Waals surface area contributed by atoms with Crippen LogP contribution in [0.25, 0.3) is 0 Å². The summed E-state index contributed by atoms with van der Waals surface area (Å²) in [5.41, 5.74) is 5.60. The summed E-state index contributed by atoms with van der Waals surface area (Å²) in [5.74, 6) is 0.623. The number of halogens is 3. The molecule has 0 amide bonds. The first-order valence-electron chi connectivity index (χ1n) is 6.72. The summed E-state index contributed by atoms with van der Waals surface area (Å²) >= 11 is 11.3. The summed E-state index contributed by atoms with van der Waals surface area (Å²) in [6.07, 6.45) is 2.31. The Labute approximate surface area is 145 Å². The Kier molecular flexibility index (Phi) is 4.40. The van der Waals surface area contributed by atoms with E-state index in [0.717, 1.165) is 12.8 Å². The second-order valence-corrected chi connectivity index (χ2v) is 8.16. The predicted octanol–water partition coefficient (Wildman–Crippen LogP) is 6.37. The number of hydrogen-bond acceptors (Lipinski definition) is 0. The molecule has 0 saturated heterocycles. The van der Waals surface area contributed by atoms with Gasteiger partial charge in [-0.1, -0.05) is 72.1 Å². The molecule has 0 bridgehead atoms. The molecule has 0 aliphatic heterocycles. The molecular formula is C17H15Br3. The lowest BCUT2D eigenvalue weighted by Crippen LogP contribution is -2.08. The third-order valence-corrected chi connectivity index (χ3v) is 6.85. The van der Waals surface area contributed by atoms with Crippen LogP contribution in [0.3, 0.4) is 0 Å². The average Bonchev–Trinajstić information content (AvgIpc) is 2.86. The van der Waals surface area contributed by atoms with Crippen LogP contribution < -0.4 is 0 Å². The summed E-state index contributed by atoms with van der Waals surface area (Å²) in [4.78, 5) is 0.376. The maximum atomic E-state index is 3.93. The summed E-state index contributed by atoms with van der Waals surface area (Å²) in [7, 11) is 0. The number of fused-ring (bicyclic) bond motifs is 1. The maximum Gasteiger partial charge on any atom is 0.0441 e. The van der Waals surface area contributed by atoms with Crippen molar-refractivity contribution in [2.45, 2.75) is 24.6 Å². The van der Waals surface area contributed by atoms with E-state index < -0.39 is 0 Å². The molecule has 2 aromatic rings. The molecule has 1 aliphatic carbocycles. The molecule has 2 aromatic carbocycles. The van der Waals surface area contributed by atoms with E-state index in [1.165, 1.54) is 31.2 Å². The van der Waals surface area contributed by atoms with Gasteiger partial charge in [0, 0.05) is 13.8 Å². The third-order valence-electron chi connectivity index (χ3n) is 4.07. The van der Waals surface area contributed by atoms with Crippen LogP contribution in [0.4, 0.5) is 0 Å². The quantitative estimate of drug-likeness (QED) is 0.458. The highest BCUT2D eigenvalue weighted by Crippen LogP contribution is 2.43. The first-order chi connectivity index (χ1) is 9.56. The fourth-order valence-electron chi connectivity index (χ4n) is 2.93. The molecule has 0 aromatic heterocycles. The third kappa shape index (κ3) is 2.77. The van der Waals surface area contributed by atoms with Gasteiger partial charge in [0.25, 0.3) is 0 Å². The fraction of sp³-hybridized carbons (Fsp3) is 0.294. The molecule has 0 saturated carbocycles. The Balaban J connectivity index is 1.88. The van der Waals surface area contributed by atoms with Crippen LogP contribution >= 0.6 is 47.8 Å². The van der Waals surface area contributed by atoms with Gasteiger partial charge < -0.3 is 0 Å². The molecule has 1 atom stereocenters. The fourth-order valence-corrected chi connectivity index (χ4v) is 5.05. The van der Waals surface area contributed by atoms with Gasteiger partial charge in [-0.2, -0.15) is 0 Å². The molecule has 0 spiro atoms. The largest absolute Gasteiger partial charge is 0.0835 e. The minimum Gasteiger partial charge on any atom is -0.0835 e. The SMILES string of the molecule is Cc1cc(Br)c(C(Br)C2Cc3ccccc3C2)cc1Br. The van der Waals surface area contributed by atoms with E-state index >= 15 is 0 Å². The Morgan fingerprint density at radius 2 is 1.60 bits per heavy atom. The van der Waals surface area contributed by atoms with E-state index in [1.54, 1.807) is 0 Å². The van der Waals surface area contributed by atoms with Gasteiger partial charge in [0.05, 0.1) is 0 Å². The first-order valence-corrected chi connectivity index (χ1v) is 9.23. The molecule has 0 fully saturated rings. The number of benzene rings is 2. The van der Waals surface area contributed by atoms with Crippen LogP contribution in [-0.2, 0) is 12.8 Å². The highest BCUT2D eigenvalue weighted by molar-refractivity contribution is 9.11. The van der Waals surface area contributed by atoms with E-state index in [9.17, 15) is 0 Å². The summed E-state index contributed by atoms with van der Waals surface area (Å²) in [5, 5.41) is 0. The molecule has 0 heterocycles. The molecular weight excluding hydrogens is 444 g/mol. The lowest BCUT2D eigenvalue weighted by Gasteiger charge is -2.20. The monoisotopic (exact) mass is 456 g/mol. The van der Waals surface area contributed by atoms with Crippen LogP contribution in [0.5, 0.6) is 0 Å². The zero-order valence-electron chi connectivity index (χ0n) is 11.2. The summed E-state index contributed by atoms with van der Waals surface area (Å²) in [6.45, 7) is 2.12. The second-order valence-electron chi connectivity index (χ2n) is 5.46. The first kappa shape index (κ1) is 14.8. The second kappa shape index (κ2) is 5.94. The van der Waals surface area contributed by atoms with Crippen molar-refractivity contribution in [3.05, 3.63) is 67.6 Å². The van der Waals surface area contributed by atoms with Crippen molar-refractivity contribution in [1.29, 1.82) is 0 Å². The molecule has 104 valence electrons. The molecule has 0 nitrogen and oxygen atoms in total. The Morgan fingerprint density at radius 3 is 2.20 bits per heavy atom. The van der Waals surface area contributed by atoms with E-state index in [-0.39, 0.29) is 0 Å². The zero-order valence-corrected chi connectivity index (χ0v) is 15.9. The normalized spacial score (nSPS) is 16.2. The van der Waals surface area contributed by atoms with Crippen molar-refractivity contribution >= 4 is 47.8 Å². The smallest absolute Gasteiger partial charge is 0.0441 e. The van der Waals surface area contributed by atoms with E-state index in [0.29, 0.717) is 10.7 Å². The highest BCUT2D eigenvalue weighted by Gasteiger charge is 2.29. The Bertz CT molecular complexity index is 624. The van der Waals surface area contributed by atoms with E-state index in [2.05, 4.69) is 91.1 Å². The van der Waals surface area contributed by atoms with Gasteiger partial charge in [-0.3, -0.25) is 0 Å². The van der Waals surface area contributed by atoms with Gasteiger partial charge in [0.2, 0.25) is 0 Å². The van der Waals surface area contributed by atoms with Crippen LogP contribution in [0.15, 0.2) is 45.3 Å². The minimum atomic E-state index is 0.376. The topological polar surface area (TPSA) is 0 Å². The van der Waals surface area contributed by atoms with Gasteiger partial charge >= 0.3 is 0 Å². The number of hydrogen-bond donors (Lipinski definition) is 0. The van der Waals surface area contributed by atoms with Gasteiger partial charge in [-0.05, 0) is 60.1 Å². The Morgan fingerprint density at radius 1 is 1.00 bits per heavy atom. The molecule has 1 unspecified atom stereocenters. The van der Waals surface area contributed by atoms with Gasteiger partial charge in [-0.15, -0.1) is 0 Å². The minimum absolute atomic E-state index is 0.376. The molecule has 3 heteroatoms. The van der Waals surface area contributed by atoms with Crippen molar-refractivity contribution < 1.29 is 0 Å². The molecule has 0 N–H and O–H groups in total. The number of alkyl halides is 1. The maximum absolute atomic E-state index is 3.93. The van der Waals surface area contributed by atoms with Crippen molar-refractivity contribution in [3.8, 4) is 0 Å². The Hall–Kier alpha value is -0.120. The highest BCUT2D eigenvalue weighted by atomic mass is 79.9. The zero-order chi connectivity index (χ0) is 14.3. The average molecular weight is 459 g/mol. The van der Waals surface area contributed by atoms with Crippen molar-refractivity contribution in [2.24, 2.45) is 5.92 Å². The van der Waals surface area contributed by atoms with Gasteiger partial charge in [0.1, 0.15) is 0 Å². The standard InChI is InChI=1S/C17H15Br3/c1-10-6-16(19)14(9-15(10)18)17(20)13-7-11-4-2-3-5-12(11)8-13/h2-6,9,13,17H,7-8H2,1H3. The lowest BCUT2D eigenvalue weighted by molar-refractivity contribution is 0.553. The lowest BCUT2D eigenvalue weighted by atomic mass is 9.96. The molecule has 0 radical (unpaired) electrons. The summed E-state index contributed by atoms with van der Waals surface area (Å²) < 4.78 is 2.37. The molecule has 20 heavy (non-hydrogen) atoms. The van der Waals surface area contributed by atoms with Gasteiger partial charge in [-0.25, -0.2) is 0 Å². The molecule has 1 aliphatic rings. The summed E-state index contributed by atoms with van der Waals surface area (Å²) in [6, 6.07) is 13.2.